The molecule has 1 saturated carbocycles. The average molecular weight is 287 g/mol. The molecule has 0 radical (unpaired) electrons. The minimum Gasteiger partial charge on any atom is -0.370 e. The van der Waals surface area contributed by atoms with Crippen LogP contribution in [0.15, 0.2) is 4.99 Å². The molecule has 0 spiro atoms. The molecule has 1 aliphatic heterocycles. The Labute approximate surface area is 116 Å². The van der Waals surface area contributed by atoms with E-state index in [9.17, 15) is 8.42 Å². The molecule has 2 aliphatic rings. The molecule has 0 aromatic rings. The second-order valence-electron chi connectivity index (χ2n) is 5.83. The molecule has 1 aliphatic carbocycles. The summed E-state index contributed by atoms with van der Waals surface area (Å²) >= 11 is 0. The van der Waals surface area contributed by atoms with Crippen molar-refractivity contribution in [2.45, 2.75) is 38.5 Å². The van der Waals surface area contributed by atoms with Crippen molar-refractivity contribution in [2.75, 3.05) is 24.6 Å². The van der Waals surface area contributed by atoms with Gasteiger partial charge in [-0.2, -0.15) is 0 Å². The number of hydrogen-bond donors (Lipinski definition) is 2. The molecule has 19 heavy (non-hydrogen) atoms. The highest BCUT2D eigenvalue weighted by Gasteiger charge is 2.23. The van der Waals surface area contributed by atoms with Gasteiger partial charge in [-0.05, 0) is 43.9 Å². The molecule has 0 aromatic heterocycles. The Morgan fingerprint density at radius 2 is 1.84 bits per heavy atom. The van der Waals surface area contributed by atoms with Crippen LogP contribution in [-0.2, 0) is 9.84 Å². The van der Waals surface area contributed by atoms with Gasteiger partial charge in [-0.15, -0.1) is 0 Å². The summed E-state index contributed by atoms with van der Waals surface area (Å²) in [5.74, 6) is 2.49. The van der Waals surface area contributed by atoms with E-state index in [1.807, 2.05) is 0 Å². The summed E-state index contributed by atoms with van der Waals surface area (Å²) in [5, 5.41) is 3.13. The average Bonchev–Trinajstić information content (AvgIpc) is 2.29. The zero-order valence-corrected chi connectivity index (χ0v) is 12.3. The molecule has 110 valence electrons. The maximum atomic E-state index is 11.3. The highest BCUT2D eigenvalue weighted by molar-refractivity contribution is 7.91. The van der Waals surface area contributed by atoms with E-state index in [-0.39, 0.29) is 0 Å². The number of hydrogen-bond acceptors (Lipinski definition) is 3. The van der Waals surface area contributed by atoms with Gasteiger partial charge in [-0.1, -0.05) is 6.42 Å². The lowest BCUT2D eigenvalue weighted by molar-refractivity contribution is 0.326. The molecule has 0 atom stereocenters. The Morgan fingerprint density at radius 1 is 1.16 bits per heavy atom. The van der Waals surface area contributed by atoms with Gasteiger partial charge in [-0.3, -0.25) is 4.99 Å². The van der Waals surface area contributed by atoms with Gasteiger partial charge in [0.05, 0.1) is 11.5 Å². The summed E-state index contributed by atoms with van der Waals surface area (Å²) in [6, 6.07) is 0. The maximum absolute atomic E-state index is 11.3. The lowest BCUT2D eigenvalue weighted by Gasteiger charge is -2.23. The standard InChI is InChI=1S/C13H25N3O2S/c14-13(16-10-12-2-1-3-12)15-7-4-11-5-8-19(17,18)9-6-11/h11-12H,1-10H2,(H3,14,15,16). The molecule has 6 heteroatoms. The molecular weight excluding hydrogens is 262 g/mol. The van der Waals surface area contributed by atoms with E-state index in [4.69, 9.17) is 5.73 Å². The van der Waals surface area contributed by atoms with Crippen LogP contribution in [0.5, 0.6) is 0 Å². The molecule has 0 bridgehead atoms. The molecule has 5 nitrogen and oxygen atoms in total. The van der Waals surface area contributed by atoms with E-state index < -0.39 is 9.84 Å². The van der Waals surface area contributed by atoms with Crippen LogP contribution in [0.2, 0.25) is 0 Å². The number of rotatable bonds is 5. The zero-order valence-electron chi connectivity index (χ0n) is 11.5. The molecule has 2 rings (SSSR count). The number of aliphatic imine (C=N–C) groups is 1. The largest absolute Gasteiger partial charge is 0.370 e. The van der Waals surface area contributed by atoms with Crippen molar-refractivity contribution in [3.63, 3.8) is 0 Å². The van der Waals surface area contributed by atoms with Gasteiger partial charge >= 0.3 is 0 Å². The Kier molecular flexibility index (Phi) is 5.07. The molecule has 0 unspecified atom stereocenters. The predicted octanol–water partition coefficient (Wildman–Crippen LogP) is 0.906. The summed E-state index contributed by atoms with van der Waals surface area (Å²) in [6.07, 6.45) is 6.47. The van der Waals surface area contributed by atoms with Crippen molar-refractivity contribution >= 4 is 15.8 Å². The summed E-state index contributed by atoms with van der Waals surface area (Å²) in [7, 11) is -2.74. The quantitative estimate of drug-likeness (QED) is 0.581. The first kappa shape index (κ1) is 14.6. The molecule has 1 saturated heterocycles. The number of nitrogens with zero attached hydrogens (tertiary/aromatic N) is 1. The van der Waals surface area contributed by atoms with Gasteiger partial charge in [0.2, 0.25) is 0 Å². The molecule has 1 heterocycles. The van der Waals surface area contributed by atoms with Crippen molar-refractivity contribution in [1.82, 2.24) is 5.32 Å². The maximum Gasteiger partial charge on any atom is 0.188 e. The van der Waals surface area contributed by atoms with E-state index >= 15 is 0 Å². The van der Waals surface area contributed by atoms with E-state index in [0.717, 1.165) is 38.3 Å². The first-order valence-electron chi connectivity index (χ1n) is 7.29. The third kappa shape index (κ3) is 5.01. The van der Waals surface area contributed by atoms with Crippen molar-refractivity contribution < 1.29 is 8.42 Å². The van der Waals surface area contributed by atoms with E-state index in [1.165, 1.54) is 19.3 Å². The van der Waals surface area contributed by atoms with Crippen LogP contribution in [-0.4, -0.2) is 39.0 Å². The zero-order chi connectivity index (χ0) is 13.7. The first-order valence-corrected chi connectivity index (χ1v) is 9.11. The fourth-order valence-corrected chi connectivity index (χ4v) is 4.18. The topological polar surface area (TPSA) is 84.5 Å². The minimum atomic E-state index is -2.74. The highest BCUT2D eigenvalue weighted by Crippen LogP contribution is 2.26. The van der Waals surface area contributed by atoms with Crippen LogP contribution in [0, 0.1) is 11.8 Å². The number of guanidine groups is 1. The minimum absolute atomic E-state index is 0.350. The molecule has 0 amide bonds. The van der Waals surface area contributed by atoms with Crippen LogP contribution in [0.4, 0.5) is 0 Å². The van der Waals surface area contributed by atoms with Gasteiger partial charge in [0.1, 0.15) is 9.84 Å². The molecule has 0 aromatic carbocycles. The SMILES string of the molecule is NC(=NCC1CCC1)NCCC1CCS(=O)(=O)CC1. The third-order valence-electron chi connectivity index (χ3n) is 4.28. The van der Waals surface area contributed by atoms with Crippen LogP contribution in [0.3, 0.4) is 0 Å². The lowest BCUT2D eigenvalue weighted by atomic mass is 9.86. The smallest absolute Gasteiger partial charge is 0.188 e. The fourth-order valence-electron chi connectivity index (χ4n) is 2.59. The Hall–Kier alpha value is -0.780. The van der Waals surface area contributed by atoms with E-state index in [1.54, 1.807) is 0 Å². The van der Waals surface area contributed by atoms with Crippen LogP contribution < -0.4 is 11.1 Å². The predicted molar refractivity (Wildman–Crippen MR) is 77.8 cm³/mol. The summed E-state index contributed by atoms with van der Waals surface area (Å²) in [4.78, 5) is 4.34. The molecular formula is C13H25N3O2S. The van der Waals surface area contributed by atoms with E-state index in [0.29, 0.717) is 23.4 Å². The fraction of sp³-hybridized carbons (Fsp3) is 0.923. The van der Waals surface area contributed by atoms with Gasteiger partial charge < -0.3 is 11.1 Å². The molecule has 2 fully saturated rings. The summed E-state index contributed by atoms with van der Waals surface area (Å²) in [6.45, 7) is 1.64. The Bertz CT molecular complexity index is 402. The Balaban J connectivity index is 1.58. The van der Waals surface area contributed by atoms with Crippen molar-refractivity contribution in [3.8, 4) is 0 Å². The Morgan fingerprint density at radius 3 is 2.42 bits per heavy atom. The molecule has 3 N–H and O–H groups in total. The van der Waals surface area contributed by atoms with Gasteiger partial charge in [-0.25, -0.2) is 8.42 Å². The third-order valence-corrected chi connectivity index (χ3v) is 5.99. The summed E-state index contributed by atoms with van der Waals surface area (Å²) < 4.78 is 22.6. The van der Waals surface area contributed by atoms with Crippen LogP contribution in [0.1, 0.15) is 38.5 Å². The lowest BCUT2D eigenvalue weighted by Crippen LogP contribution is -2.35. The van der Waals surface area contributed by atoms with Gasteiger partial charge in [0.25, 0.3) is 0 Å². The van der Waals surface area contributed by atoms with Crippen molar-refractivity contribution in [2.24, 2.45) is 22.6 Å². The number of sulfone groups is 1. The van der Waals surface area contributed by atoms with Crippen LogP contribution in [0.25, 0.3) is 0 Å². The van der Waals surface area contributed by atoms with E-state index in [2.05, 4.69) is 10.3 Å². The number of nitrogens with two attached hydrogens (primary N) is 1. The first-order chi connectivity index (χ1) is 9.05. The monoisotopic (exact) mass is 287 g/mol. The van der Waals surface area contributed by atoms with Gasteiger partial charge in [0, 0.05) is 13.1 Å². The number of nitrogens with one attached hydrogen (secondary N) is 1. The van der Waals surface area contributed by atoms with Crippen molar-refractivity contribution in [3.05, 3.63) is 0 Å². The normalized spacial score (nSPS) is 24.9. The van der Waals surface area contributed by atoms with Crippen LogP contribution >= 0.6 is 0 Å². The summed E-state index contributed by atoms with van der Waals surface area (Å²) in [5.41, 5.74) is 5.80. The van der Waals surface area contributed by atoms with Gasteiger partial charge in [0.15, 0.2) is 5.96 Å². The second-order valence-corrected chi connectivity index (χ2v) is 8.14. The van der Waals surface area contributed by atoms with Crippen molar-refractivity contribution in [1.29, 1.82) is 0 Å². The second kappa shape index (κ2) is 6.59. The highest BCUT2D eigenvalue weighted by atomic mass is 32.2.